The SMILES string of the molecule is CCCC(C/C(=C/N(C=O)C1(C)C=CC(C=O)C1)CNC)OC. The molecule has 23 heavy (non-hydrogen) atoms. The summed E-state index contributed by atoms with van der Waals surface area (Å²) in [6.45, 7) is 4.81. The Labute approximate surface area is 139 Å². The Kier molecular flexibility index (Phi) is 8.20. The summed E-state index contributed by atoms with van der Waals surface area (Å²) in [6, 6.07) is 0. The molecule has 1 amide bonds. The zero-order valence-corrected chi connectivity index (χ0v) is 14.7. The van der Waals surface area contributed by atoms with Crippen molar-refractivity contribution in [1.82, 2.24) is 10.2 Å². The van der Waals surface area contributed by atoms with E-state index in [9.17, 15) is 9.59 Å². The number of nitrogens with one attached hydrogen (secondary N) is 1. The lowest BCUT2D eigenvalue weighted by Gasteiger charge is -2.33. The highest BCUT2D eigenvalue weighted by Gasteiger charge is 2.34. The first-order chi connectivity index (χ1) is 11.0. The Balaban J connectivity index is 2.91. The van der Waals surface area contributed by atoms with Crippen LogP contribution in [-0.4, -0.2) is 49.9 Å². The molecule has 5 nitrogen and oxygen atoms in total. The summed E-state index contributed by atoms with van der Waals surface area (Å²) in [7, 11) is 3.62. The van der Waals surface area contributed by atoms with Gasteiger partial charge in [0.2, 0.25) is 6.41 Å². The minimum Gasteiger partial charge on any atom is -0.381 e. The maximum absolute atomic E-state index is 11.6. The van der Waals surface area contributed by atoms with Gasteiger partial charge in [-0.25, -0.2) is 0 Å². The average Bonchev–Trinajstić information content (AvgIpc) is 2.94. The summed E-state index contributed by atoms with van der Waals surface area (Å²) in [5.41, 5.74) is 0.670. The number of carbonyl (C=O) groups is 2. The number of ether oxygens (including phenoxy) is 1. The molecule has 0 aliphatic heterocycles. The number of methoxy groups -OCH3 is 1. The van der Waals surface area contributed by atoms with Crippen LogP contribution in [0.15, 0.2) is 23.9 Å². The van der Waals surface area contributed by atoms with Crippen LogP contribution in [0.5, 0.6) is 0 Å². The summed E-state index contributed by atoms with van der Waals surface area (Å²) in [4.78, 5) is 24.3. The van der Waals surface area contributed by atoms with E-state index in [0.29, 0.717) is 13.0 Å². The predicted octanol–water partition coefficient (Wildman–Crippen LogP) is 2.29. The normalized spacial score (nSPS) is 25.4. The van der Waals surface area contributed by atoms with Gasteiger partial charge < -0.3 is 19.7 Å². The van der Waals surface area contributed by atoms with Crippen LogP contribution in [0.25, 0.3) is 0 Å². The molecule has 0 spiro atoms. The van der Waals surface area contributed by atoms with Gasteiger partial charge in [-0.2, -0.15) is 0 Å². The van der Waals surface area contributed by atoms with Gasteiger partial charge >= 0.3 is 0 Å². The van der Waals surface area contributed by atoms with Crippen molar-refractivity contribution in [1.29, 1.82) is 0 Å². The number of likely N-dealkylation sites (N-methyl/N-ethyl adjacent to an activating group) is 1. The Hall–Kier alpha value is -1.46. The van der Waals surface area contributed by atoms with Crippen molar-refractivity contribution in [3.05, 3.63) is 23.9 Å². The van der Waals surface area contributed by atoms with E-state index < -0.39 is 5.54 Å². The Morgan fingerprint density at radius 2 is 2.26 bits per heavy atom. The molecule has 5 heteroatoms. The van der Waals surface area contributed by atoms with Gasteiger partial charge in [-0.05, 0) is 38.8 Å². The first-order valence-corrected chi connectivity index (χ1v) is 8.28. The van der Waals surface area contributed by atoms with Crippen LogP contribution < -0.4 is 5.32 Å². The predicted molar refractivity (Wildman–Crippen MR) is 92.0 cm³/mol. The number of carbonyl (C=O) groups excluding carboxylic acids is 2. The van der Waals surface area contributed by atoms with Crippen LogP contribution in [0.3, 0.4) is 0 Å². The fourth-order valence-electron chi connectivity index (χ4n) is 3.04. The van der Waals surface area contributed by atoms with Gasteiger partial charge in [-0.3, -0.25) is 4.79 Å². The monoisotopic (exact) mass is 322 g/mol. The van der Waals surface area contributed by atoms with Crippen molar-refractivity contribution >= 4 is 12.7 Å². The minimum atomic E-state index is -0.445. The first kappa shape index (κ1) is 19.6. The average molecular weight is 322 g/mol. The highest BCUT2D eigenvalue weighted by molar-refractivity contribution is 5.60. The molecule has 0 aromatic rings. The van der Waals surface area contributed by atoms with Crippen LogP contribution >= 0.6 is 0 Å². The second kappa shape index (κ2) is 9.63. The summed E-state index contributed by atoms with van der Waals surface area (Å²) in [5.74, 6) is -0.115. The molecule has 0 aromatic heterocycles. The Morgan fingerprint density at radius 1 is 1.52 bits per heavy atom. The van der Waals surface area contributed by atoms with Crippen LogP contribution in [0.4, 0.5) is 0 Å². The molecule has 1 N–H and O–H groups in total. The lowest BCUT2D eigenvalue weighted by molar-refractivity contribution is -0.119. The van der Waals surface area contributed by atoms with Crippen molar-refractivity contribution < 1.29 is 14.3 Å². The molecule has 0 radical (unpaired) electrons. The van der Waals surface area contributed by atoms with E-state index in [1.54, 1.807) is 12.0 Å². The van der Waals surface area contributed by atoms with E-state index in [2.05, 4.69) is 12.2 Å². The zero-order chi connectivity index (χ0) is 17.3. The molecule has 1 aliphatic rings. The topological polar surface area (TPSA) is 58.6 Å². The number of aldehydes is 1. The van der Waals surface area contributed by atoms with Crippen LogP contribution in [0.2, 0.25) is 0 Å². The summed E-state index contributed by atoms with van der Waals surface area (Å²) >= 11 is 0. The first-order valence-electron chi connectivity index (χ1n) is 8.28. The van der Waals surface area contributed by atoms with Gasteiger partial charge in [0.05, 0.1) is 11.6 Å². The van der Waals surface area contributed by atoms with Crippen molar-refractivity contribution in [3.8, 4) is 0 Å². The second-order valence-corrected chi connectivity index (χ2v) is 6.40. The Morgan fingerprint density at radius 3 is 2.74 bits per heavy atom. The molecule has 3 atom stereocenters. The number of amides is 1. The molecule has 0 aromatic carbocycles. The molecule has 0 bridgehead atoms. The third-order valence-electron chi connectivity index (χ3n) is 4.39. The Bertz CT molecular complexity index is 448. The van der Waals surface area contributed by atoms with E-state index >= 15 is 0 Å². The second-order valence-electron chi connectivity index (χ2n) is 6.40. The fourth-order valence-corrected chi connectivity index (χ4v) is 3.04. The van der Waals surface area contributed by atoms with Crippen molar-refractivity contribution in [2.45, 2.75) is 51.2 Å². The third kappa shape index (κ3) is 5.59. The van der Waals surface area contributed by atoms with Gasteiger partial charge in [0.15, 0.2) is 0 Å². The van der Waals surface area contributed by atoms with Crippen LogP contribution in [-0.2, 0) is 14.3 Å². The number of rotatable bonds is 11. The third-order valence-corrected chi connectivity index (χ3v) is 4.39. The van der Waals surface area contributed by atoms with Gasteiger partial charge in [0, 0.05) is 25.8 Å². The minimum absolute atomic E-state index is 0.115. The van der Waals surface area contributed by atoms with E-state index in [1.165, 1.54) is 0 Å². The summed E-state index contributed by atoms with van der Waals surface area (Å²) in [6.07, 6.45) is 11.1. The molecule has 1 aliphatic carbocycles. The van der Waals surface area contributed by atoms with E-state index in [4.69, 9.17) is 4.74 Å². The van der Waals surface area contributed by atoms with Gasteiger partial charge in [0.1, 0.15) is 6.29 Å². The molecule has 0 saturated heterocycles. The lowest BCUT2D eigenvalue weighted by atomic mass is 9.96. The lowest BCUT2D eigenvalue weighted by Crippen LogP contribution is -2.40. The van der Waals surface area contributed by atoms with E-state index in [-0.39, 0.29) is 12.0 Å². The van der Waals surface area contributed by atoms with Crippen molar-refractivity contribution in [3.63, 3.8) is 0 Å². The largest absolute Gasteiger partial charge is 0.381 e. The number of allylic oxidation sites excluding steroid dienone is 1. The molecule has 0 heterocycles. The van der Waals surface area contributed by atoms with E-state index in [0.717, 1.165) is 37.5 Å². The van der Waals surface area contributed by atoms with Crippen molar-refractivity contribution in [2.75, 3.05) is 20.7 Å². The molecule has 130 valence electrons. The number of hydrogen-bond donors (Lipinski definition) is 1. The van der Waals surface area contributed by atoms with Gasteiger partial charge in [-0.1, -0.05) is 25.5 Å². The van der Waals surface area contributed by atoms with Gasteiger partial charge in [0.25, 0.3) is 0 Å². The molecule has 0 saturated carbocycles. The molecule has 1 rings (SSSR count). The van der Waals surface area contributed by atoms with Gasteiger partial charge in [-0.15, -0.1) is 0 Å². The molecule has 3 unspecified atom stereocenters. The molecule has 0 fully saturated rings. The smallest absolute Gasteiger partial charge is 0.214 e. The number of hydrogen-bond acceptors (Lipinski definition) is 4. The summed E-state index contributed by atoms with van der Waals surface area (Å²) < 4.78 is 5.53. The maximum atomic E-state index is 11.6. The highest BCUT2D eigenvalue weighted by Crippen LogP contribution is 2.32. The van der Waals surface area contributed by atoms with E-state index in [1.807, 2.05) is 32.3 Å². The maximum Gasteiger partial charge on any atom is 0.214 e. The standard InChI is InChI=1S/C18H30N2O3/c1-5-6-17(23-4)9-16(11-19-3)12-20(14-22)18(2)8-7-15(10-18)13-21/h7-8,12-15,17,19H,5-6,9-11H2,1-4H3/b16-12-. The zero-order valence-electron chi connectivity index (χ0n) is 14.7. The van der Waals surface area contributed by atoms with Crippen LogP contribution in [0, 0.1) is 5.92 Å². The molecular weight excluding hydrogens is 292 g/mol. The number of nitrogens with zero attached hydrogens (tertiary/aromatic N) is 1. The molecular formula is C18H30N2O3. The fraction of sp³-hybridized carbons (Fsp3) is 0.667. The highest BCUT2D eigenvalue weighted by atomic mass is 16.5. The van der Waals surface area contributed by atoms with Crippen molar-refractivity contribution in [2.24, 2.45) is 5.92 Å². The van der Waals surface area contributed by atoms with Crippen LogP contribution in [0.1, 0.15) is 39.5 Å². The quantitative estimate of drug-likeness (QED) is 0.468. The summed E-state index contributed by atoms with van der Waals surface area (Å²) in [5, 5.41) is 3.15.